The van der Waals surface area contributed by atoms with Crippen LogP contribution >= 0.6 is 0 Å². The van der Waals surface area contributed by atoms with Gasteiger partial charge in [-0.25, -0.2) is 9.97 Å². The number of hydrogen-bond acceptors (Lipinski definition) is 4. The van der Waals surface area contributed by atoms with Crippen LogP contribution in [0, 0.1) is 12.8 Å². The fourth-order valence-electron chi connectivity index (χ4n) is 2.59. The minimum atomic E-state index is -0.0840. The average Bonchev–Trinajstić information content (AvgIpc) is 2.90. The van der Waals surface area contributed by atoms with Crippen molar-refractivity contribution in [1.82, 2.24) is 15.3 Å². The summed E-state index contributed by atoms with van der Waals surface area (Å²) >= 11 is 0. The molecule has 0 atom stereocenters. The second kappa shape index (κ2) is 7.38. The zero-order valence-electron chi connectivity index (χ0n) is 13.3. The summed E-state index contributed by atoms with van der Waals surface area (Å²) in [5, 5.41) is 6.34. The van der Waals surface area contributed by atoms with E-state index in [4.69, 9.17) is 0 Å². The molecule has 1 heterocycles. The Labute approximate surface area is 127 Å². The minimum Gasteiger partial charge on any atom is -0.370 e. The topological polar surface area (TPSA) is 66.9 Å². The van der Waals surface area contributed by atoms with Crippen molar-refractivity contribution in [3.05, 3.63) is 17.6 Å². The predicted octanol–water partition coefficient (Wildman–Crippen LogP) is 2.92. The van der Waals surface area contributed by atoms with Gasteiger partial charge in [0.1, 0.15) is 17.3 Å². The lowest BCUT2D eigenvalue weighted by atomic mass is 10.1. The molecule has 0 saturated heterocycles. The molecule has 0 spiro atoms. The van der Waals surface area contributed by atoms with E-state index in [0.29, 0.717) is 23.5 Å². The van der Waals surface area contributed by atoms with Gasteiger partial charge >= 0.3 is 0 Å². The summed E-state index contributed by atoms with van der Waals surface area (Å²) < 4.78 is 0. The SMILES string of the molecule is Cc1nc(NCCC(C)C)cc(C(=O)NC2CCCC2)n1. The number of nitrogens with zero attached hydrogens (tertiary/aromatic N) is 2. The van der Waals surface area contributed by atoms with E-state index in [0.717, 1.165) is 31.6 Å². The van der Waals surface area contributed by atoms with Crippen molar-refractivity contribution >= 4 is 11.7 Å². The maximum atomic E-state index is 12.3. The minimum absolute atomic E-state index is 0.0840. The molecule has 2 rings (SSSR count). The second-order valence-corrected chi connectivity index (χ2v) is 6.25. The Balaban J connectivity index is 1.98. The van der Waals surface area contributed by atoms with Gasteiger partial charge < -0.3 is 10.6 Å². The largest absolute Gasteiger partial charge is 0.370 e. The summed E-state index contributed by atoms with van der Waals surface area (Å²) in [6.07, 6.45) is 5.64. The number of amides is 1. The second-order valence-electron chi connectivity index (χ2n) is 6.25. The Morgan fingerprint density at radius 2 is 2.05 bits per heavy atom. The van der Waals surface area contributed by atoms with Crippen LogP contribution in [0.25, 0.3) is 0 Å². The van der Waals surface area contributed by atoms with Crippen LogP contribution in [0.15, 0.2) is 6.07 Å². The van der Waals surface area contributed by atoms with Crippen molar-refractivity contribution in [2.75, 3.05) is 11.9 Å². The smallest absolute Gasteiger partial charge is 0.270 e. The number of aromatic nitrogens is 2. The molecule has 116 valence electrons. The van der Waals surface area contributed by atoms with Crippen LogP contribution in [0.1, 0.15) is 62.3 Å². The van der Waals surface area contributed by atoms with Crippen molar-refractivity contribution < 1.29 is 4.79 Å². The van der Waals surface area contributed by atoms with Gasteiger partial charge in [-0.05, 0) is 32.1 Å². The molecular weight excluding hydrogens is 264 g/mol. The molecule has 0 unspecified atom stereocenters. The van der Waals surface area contributed by atoms with Gasteiger partial charge in [-0.1, -0.05) is 26.7 Å². The third-order valence-electron chi connectivity index (χ3n) is 3.79. The third kappa shape index (κ3) is 4.99. The normalized spacial score (nSPS) is 15.4. The first-order chi connectivity index (χ1) is 10.0. The van der Waals surface area contributed by atoms with Gasteiger partial charge in [0.2, 0.25) is 0 Å². The molecule has 1 aromatic rings. The first-order valence-corrected chi connectivity index (χ1v) is 7.95. The fourth-order valence-corrected chi connectivity index (χ4v) is 2.59. The number of hydrogen-bond donors (Lipinski definition) is 2. The fraction of sp³-hybridized carbons (Fsp3) is 0.688. The molecule has 0 radical (unpaired) electrons. The maximum absolute atomic E-state index is 12.3. The molecule has 1 aliphatic rings. The number of rotatable bonds is 6. The van der Waals surface area contributed by atoms with Crippen LogP contribution < -0.4 is 10.6 Å². The van der Waals surface area contributed by atoms with Crippen molar-refractivity contribution in [1.29, 1.82) is 0 Å². The summed E-state index contributed by atoms with van der Waals surface area (Å²) in [6.45, 7) is 7.05. The van der Waals surface area contributed by atoms with Gasteiger partial charge in [-0.2, -0.15) is 0 Å². The molecule has 5 heteroatoms. The van der Waals surface area contributed by atoms with Crippen LogP contribution in [0.4, 0.5) is 5.82 Å². The Kier molecular flexibility index (Phi) is 5.53. The number of anilines is 1. The van der Waals surface area contributed by atoms with Crippen molar-refractivity contribution in [2.45, 2.75) is 58.9 Å². The average molecular weight is 290 g/mol. The van der Waals surface area contributed by atoms with Gasteiger partial charge in [0, 0.05) is 18.7 Å². The van der Waals surface area contributed by atoms with E-state index in [9.17, 15) is 4.79 Å². The third-order valence-corrected chi connectivity index (χ3v) is 3.79. The molecule has 1 fully saturated rings. The molecule has 1 aliphatic carbocycles. The van der Waals surface area contributed by atoms with Gasteiger partial charge in [0.15, 0.2) is 0 Å². The highest BCUT2D eigenvalue weighted by Gasteiger charge is 2.19. The summed E-state index contributed by atoms with van der Waals surface area (Å²) in [5.41, 5.74) is 0.460. The van der Waals surface area contributed by atoms with E-state index in [-0.39, 0.29) is 5.91 Å². The molecule has 2 N–H and O–H groups in total. The van der Waals surface area contributed by atoms with Gasteiger partial charge in [0.05, 0.1) is 0 Å². The number of aryl methyl sites for hydroxylation is 1. The van der Waals surface area contributed by atoms with E-state index in [2.05, 4.69) is 34.4 Å². The van der Waals surface area contributed by atoms with E-state index in [1.165, 1.54) is 12.8 Å². The zero-order valence-corrected chi connectivity index (χ0v) is 13.3. The Hall–Kier alpha value is -1.65. The van der Waals surface area contributed by atoms with E-state index < -0.39 is 0 Å². The van der Waals surface area contributed by atoms with Crippen LogP contribution in [0.3, 0.4) is 0 Å². The highest BCUT2D eigenvalue weighted by atomic mass is 16.1. The lowest BCUT2D eigenvalue weighted by Gasteiger charge is -2.13. The molecule has 21 heavy (non-hydrogen) atoms. The standard InChI is InChI=1S/C16H26N4O/c1-11(2)8-9-17-15-10-14(18-12(3)19-15)16(21)20-13-6-4-5-7-13/h10-11,13H,4-9H2,1-3H3,(H,20,21)(H,17,18,19). The molecule has 5 nitrogen and oxygen atoms in total. The highest BCUT2D eigenvalue weighted by Crippen LogP contribution is 2.18. The van der Waals surface area contributed by atoms with Crippen LogP contribution in [0.5, 0.6) is 0 Å². The summed E-state index contributed by atoms with van der Waals surface area (Å²) in [5.74, 6) is 1.92. The maximum Gasteiger partial charge on any atom is 0.270 e. The lowest BCUT2D eigenvalue weighted by Crippen LogP contribution is -2.33. The lowest BCUT2D eigenvalue weighted by molar-refractivity contribution is 0.0932. The van der Waals surface area contributed by atoms with Crippen LogP contribution in [-0.2, 0) is 0 Å². The summed E-state index contributed by atoms with van der Waals surface area (Å²) in [6, 6.07) is 2.06. The van der Waals surface area contributed by atoms with Gasteiger partial charge in [-0.3, -0.25) is 4.79 Å². The summed E-state index contributed by atoms with van der Waals surface area (Å²) in [7, 11) is 0. The van der Waals surface area contributed by atoms with E-state index in [1.54, 1.807) is 6.07 Å². The number of carbonyl (C=O) groups is 1. The molecule has 0 bridgehead atoms. The molecule has 1 amide bonds. The van der Waals surface area contributed by atoms with Crippen molar-refractivity contribution in [3.63, 3.8) is 0 Å². The molecule has 0 aromatic carbocycles. The Bertz CT molecular complexity index is 481. The first kappa shape index (κ1) is 15.7. The molecular formula is C16H26N4O. The molecule has 1 saturated carbocycles. The Morgan fingerprint density at radius 3 is 2.71 bits per heavy atom. The Morgan fingerprint density at radius 1 is 1.33 bits per heavy atom. The monoisotopic (exact) mass is 290 g/mol. The van der Waals surface area contributed by atoms with Crippen LogP contribution in [-0.4, -0.2) is 28.5 Å². The van der Waals surface area contributed by atoms with Crippen LogP contribution in [0.2, 0.25) is 0 Å². The first-order valence-electron chi connectivity index (χ1n) is 7.95. The number of carbonyl (C=O) groups excluding carboxylic acids is 1. The quantitative estimate of drug-likeness (QED) is 0.845. The van der Waals surface area contributed by atoms with Crippen molar-refractivity contribution in [2.24, 2.45) is 5.92 Å². The molecule has 1 aromatic heterocycles. The predicted molar refractivity (Wildman–Crippen MR) is 84.4 cm³/mol. The van der Waals surface area contributed by atoms with E-state index >= 15 is 0 Å². The summed E-state index contributed by atoms with van der Waals surface area (Å²) in [4.78, 5) is 20.9. The highest BCUT2D eigenvalue weighted by molar-refractivity contribution is 5.93. The van der Waals surface area contributed by atoms with Gasteiger partial charge in [-0.15, -0.1) is 0 Å². The molecule has 0 aliphatic heterocycles. The van der Waals surface area contributed by atoms with E-state index in [1.807, 2.05) is 6.92 Å². The number of nitrogens with one attached hydrogen (secondary N) is 2. The van der Waals surface area contributed by atoms with Gasteiger partial charge in [0.25, 0.3) is 5.91 Å². The van der Waals surface area contributed by atoms with Crippen molar-refractivity contribution in [3.8, 4) is 0 Å². The zero-order chi connectivity index (χ0) is 15.2.